The molecule has 3 N–H and O–H groups in total. The predicted molar refractivity (Wildman–Crippen MR) is 326 cm³/mol. The zero-order valence-electron chi connectivity index (χ0n) is 47.6. The van der Waals surface area contributed by atoms with Gasteiger partial charge in [0.25, 0.3) is 0 Å². The summed E-state index contributed by atoms with van der Waals surface area (Å²) in [5.74, 6) is -0.0940. The zero-order chi connectivity index (χ0) is 52.7. The van der Waals surface area contributed by atoms with E-state index in [9.17, 15) is 15.0 Å². The minimum Gasteiger partial charge on any atom is -0.394 e. The van der Waals surface area contributed by atoms with Crippen LogP contribution in [0.25, 0.3) is 0 Å². The van der Waals surface area contributed by atoms with Gasteiger partial charge in [-0.3, -0.25) is 4.79 Å². The molecule has 0 saturated heterocycles. The highest BCUT2D eigenvalue weighted by Crippen LogP contribution is 2.15. The van der Waals surface area contributed by atoms with Crippen LogP contribution in [0.5, 0.6) is 0 Å². The molecule has 0 fully saturated rings. The van der Waals surface area contributed by atoms with Crippen molar-refractivity contribution >= 4 is 5.91 Å². The topological polar surface area (TPSA) is 69.6 Å². The van der Waals surface area contributed by atoms with Crippen molar-refractivity contribution in [3.05, 3.63) is 146 Å². The second kappa shape index (κ2) is 62.6. The molecule has 0 aromatic heterocycles. The zero-order valence-corrected chi connectivity index (χ0v) is 47.6. The second-order valence-electron chi connectivity index (χ2n) is 20.0. The van der Waals surface area contributed by atoms with Crippen molar-refractivity contribution in [2.24, 2.45) is 0 Å². The number of allylic oxidation sites excluding steroid dienone is 23. The van der Waals surface area contributed by atoms with Crippen LogP contribution in [0.3, 0.4) is 0 Å². The molecular weight excluding hydrogens is 891 g/mol. The smallest absolute Gasteiger partial charge is 0.220 e. The Hall–Kier alpha value is -3.73. The molecule has 414 valence electrons. The van der Waals surface area contributed by atoms with Gasteiger partial charge in [-0.15, -0.1) is 0 Å². The van der Waals surface area contributed by atoms with Gasteiger partial charge in [-0.05, 0) is 116 Å². The van der Waals surface area contributed by atoms with E-state index in [-0.39, 0.29) is 12.5 Å². The van der Waals surface area contributed by atoms with Crippen LogP contribution >= 0.6 is 0 Å². The summed E-state index contributed by atoms with van der Waals surface area (Å²) in [5.41, 5.74) is 0. The van der Waals surface area contributed by atoms with Crippen LogP contribution in [0.15, 0.2) is 146 Å². The van der Waals surface area contributed by atoms with Gasteiger partial charge in [0.05, 0.1) is 18.8 Å². The lowest BCUT2D eigenvalue weighted by atomic mass is 10.0. The third kappa shape index (κ3) is 59.0. The SMILES string of the molecule is CC/C=C\C/C=C\C/C=C\C/C=C\C/C=C\C/C=C\C/C=C\C/C=C\C/C=C\CCCCCCCCCC(=O)NC(CO)C(O)/C=C/CC/C=C/CC/C=C/CCCCCCCCCCCCCCCCCC. The first kappa shape index (κ1) is 69.3. The molecule has 0 heterocycles. The maximum Gasteiger partial charge on any atom is 0.220 e. The van der Waals surface area contributed by atoms with Gasteiger partial charge < -0.3 is 15.5 Å². The van der Waals surface area contributed by atoms with Crippen molar-refractivity contribution in [3.63, 3.8) is 0 Å². The van der Waals surface area contributed by atoms with Crippen molar-refractivity contribution in [3.8, 4) is 0 Å². The molecule has 4 nitrogen and oxygen atoms in total. The molecule has 0 aliphatic heterocycles. The molecule has 2 unspecified atom stereocenters. The number of unbranched alkanes of at least 4 members (excludes halogenated alkanes) is 25. The average molecular weight is 1010 g/mol. The summed E-state index contributed by atoms with van der Waals surface area (Å²) in [6.07, 6.45) is 98.7. The van der Waals surface area contributed by atoms with Gasteiger partial charge in [0, 0.05) is 6.42 Å². The van der Waals surface area contributed by atoms with Crippen molar-refractivity contribution in [2.75, 3.05) is 6.61 Å². The summed E-state index contributed by atoms with van der Waals surface area (Å²) in [6, 6.07) is -0.664. The Morgan fingerprint density at radius 2 is 0.616 bits per heavy atom. The Morgan fingerprint density at radius 3 is 0.959 bits per heavy atom. The van der Waals surface area contributed by atoms with Gasteiger partial charge in [-0.1, -0.05) is 288 Å². The van der Waals surface area contributed by atoms with E-state index in [1.165, 1.54) is 135 Å². The molecule has 0 saturated carbocycles. The molecule has 73 heavy (non-hydrogen) atoms. The molecule has 0 aliphatic rings. The van der Waals surface area contributed by atoms with Gasteiger partial charge in [0.1, 0.15) is 0 Å². The van der Waals surface area contributed by atoms with E-state index in [0.29, 0.717) is 6.42 Å². The molecule has 0 rings (SSSR count). The molecular formula is C69H115NO3. The fourth-order valence-corrected chi connectivity index (χ4v) is 8.44. The van der Waals surface area contributed by atoms with Crippen LogP contribution in [0.1, 0.15) is 264 Å². The van der Waals surface area contributed by atoms with Crippen molar-refractivity contribution in [1.82, 2.24) is 5.32 Å². The summed E-state index contributed by atoms with van der Waals surface area (Å²) in [6.45, 7) is 4.18. The van der Waals surface area contributed by atoms with Gasteiger partial charge in [-0.25, -0.2) is 0 Å². The highest BCUT2D eigenvalue weighted by molar-refractivity contribution is 5.76. The van der Waals surface area contributed by atoms with Crippen LogP contribution in [-0.4, -0.2) is 34.9 Å². The van der Waals surface area contributed by atoms with Crippen molar-refractivity contribution in [2.45, 2.75) is 276 Å². The lowest BCUT2D eigenvalue weighted by Crippen LogP contribution is -2.45. The Bertz CT molecular complexity index is 1510. The Morgan fingerprint density at radius 1 is 0.342 bits per heavy atom. The maximum atomic E-state index is 12.5. The summed E-state index contributed by atoms with van der Waals surface area (Å²) in [5, 5.41) is 23.2. The van der Waals surface area contributed by atoms with E-state index in [4.69, 9.17) is 0 Å². The maximum absolute atomic E-state index is 12.5. The standard InChI is InChI=1S/C69H115NO3/c1-3-5-7-9-11-13-15-17-19-21-23-25-27-29-31-32-33-34-35-36-37-38-39-41-43-45-47-49-51-53-55-57-59-61-63-65-69(73)70-67(66-71)68(72)64-62-60-58-56-54-52-50-48-46-44-42-40-30-28-26-24-22-20-18-16-14-12-10-8-6-4-2/h5,7,11,13,17,19,23,25,29,31,33-34,36-37,39,41,45-48,54,56,62,64,67-68,71-72H,3-4,6,8-10,12,14-16,18,20-22,24,26-28,30,32,35,38,40,42-44,49-53,55,57-61,63,65-66H2,1-2H3,(H,70,73)/b7-5-,13-11-,19-17-,25-23-,31-29-,34-33-,37-36-,41-39-,47-45-,48-46+,56-54+,64-62+. The fourth-order valence-electron chi connectivity index (χ4n) is 8.44. The van der Waals surface area contributed by atoms with Gasteiger partial charge in [0.2, 0.25) is 5.91 Å². The third-order valence-corrected chi connectivity index (χ3v) is 13.0. The first-order valence-corrected chi connectivity index (χ1v) is 30.5. The third-order valence-electron chi connectivity index (χ3n) is 13.0. The van der Waals surface area contributed by atoms with Gasteiger partial charge in [0.15, 0.2) is 0 Å². The molecule has 0 aromatic carbocycles. The van der Waals surface area contributed by atoms with Crippen LogP contribution in [0.2, 0.25) is 0 Å². The minimum atomic E-state index is -0.887. The molecule has 1 amide bonds. The average Bonchev–Trinajstić information content (AvgIpc) is 3.40. The monoisotopic (exact) mass is 1010 g/mol. The molecule has 0 radical (unpaired) electrons. The number of rotatable bonds is 54. The largest absolute Gasteiger partial charge is 0.394 e. The highest BCUT2D eigenvalue weighted by atomic mass is 16.3. The van der Waals surface area contributed by atoms with E-state index in [1.54, 1.807) is 6.08 Å². The number of hydrogen-bond acceptors (Lipinski definition) is 3. The summed E-state index contributed by atoms with van der Waals surface area (Å²) >= 11 is 0. The van der Waals surface area contributed by atoms with Crippen LogP contribution in [0, 0.1) is 0 Å². The molecule has 0 bridgehead atoms. The van der Waals surface area contributed by atoms with Gasteiger partial charge in [-0.2, -0.15) is 0 Å². The second-order valence-corrected chi connectivity index (χ2v) is 20.0. The number of aliphatic hydroxyl groups excluding tert-OH is 2. The molecule has 0 aliphatic carbocycles. The summed E-state index contributed by atoms with van der Waals surface area (Å²) in [4.78, 5) is 12.5. The molecule has 0 aromatic rings. The highest BCUT2D eigenvalue weighted by Gasteiger charge is 2.18. The summed E-state index contributed by atoms with van der Waals surface area (Å²) in [7, 11) is 0. The predicted octanol–water partition coefficient (Wildman–Crippen LogP) is 20.8. The van der Waals surface area contributed by atoms with Crippen LogP contribution in [-0.2, 0) is 4.79 Å². The van der Waals surface area contributed by atoms with Crippen LogP contribution in [0.4, 0.5) is 0 Å². The first-order chi connectivity index (χ1) is 36.2. The van der Waals surface area contributed by atoms with E-state index >= 15 is 0 Å². The number of aliphatic hydroxyl groups is 2. The van der Waals surface area contributed by atoms with E-state index in [0.717, 1.165) is 109 Å². The molecule has 2 atom stereocenters. The first-order valence-electron chi connectivity index (χ1n) is 30.5. The number of carbonyl (C=O) groups is 1. The molecule has 4 heteroatoms. The van der Waals surface area contributed by atoms with E-state index in [2.05, 4.69) is 153 Å². The normalized spacial score (nSPS) is 13.9. The summed E-state index contributed by atoms with van der Waals surface area (Å²) < 4.78 is 0. The van der Waals surface area contributed by atoms with Crippen molar-refractivity contribution in [1.29, 1.82) is 0 Å². The number of hydrogen-bond donors (Lipinski definition) is 3. The Balaban J connectivity index is 3.67. The number of nitrogens with one attached hydrogen (secondary N) is 1. The Kier molecular flexibility index (Phi) is 59.4. The van der Waals surface area contributed by atoms with Gasteiger partial charge >= 0.3 is 0 Å². The van der Waals surface area contributed by atoms with E-state index in [1.807, 2.05) is 6.08 Å². The Labute approximate surface area is 453 Å². The number of amides is 1. The lowest BCUT2D eigenvalue weighted by Gasteiger charge is -2.19. The van der Waals surface area contributed by atoms with E-state index < -0.39 is 12.1 Å². The van der Waals surface area contributed by atoms with Crippen LogP contribution < -0.4 is 5.32 Å². The minimum absolute atomic E-state index is 0.0940. The lowest BCUT2D eigenvalue weighted by molar-refractivity contribution is -0.123. The quantitative estimate of drug-likeness (QED) is 0.0420. The fraction of sp³-hybridized carbons (Fsp3) is 0.638. The number of carbonyl (C=O) groups excluding carboxylic acids is 1. The molecule has 0 spiro atoms. The van der Waals surface area contributed by atoms with Crippen molar-refractivity contribution < 1.29 is 15.0 Å².